The number of rotatable bonds is 5. The number of benzene rings is 3. The molecule has 0 bridgehead atoms. The molecule has 4 rings (SSSR count). The van der Waals surface area contributed by atoms with Crippen LogP contribution in [0, 0.1) is 0 Å². The van der Waals surface area contributed by atoms with Gasteiger partial charge in [0.25, 0.3) is 5.91 Å². The lowest BCUT2D eigenvalue weighted by atomic mass is 10.1. The van der Waals surface area contributed by atoms with E-state index >= 15 is 0 Å². The number of hydrogen-bond acceptors (Lipinski definition) is 4. The zero-order valence-electron chi connectivity index (χ0n) is 15.1. The van der Waals surface area contributed by atoms with Crippen LogP contribution < -0.4 is 19.5 Å². The fourth-order valence-electron chi connectivity index (χ4n) is 3.02. The minimum absolute atomic E-state index is 0.189. The number of hydrogen-bond donors (Lipinski definition) is 1. The molecule has 138 valence electrons. The molecule has 5 nitrogen and oxygen atoms in total. The predicted octanol–water partition coefficient (Wildman–Crippen LogP) is 3.56. The van der Waals surface area contributed by atoms with Gasteiger partial charge in [-0.3, -0.25) is 4.79 Å². The second-order valence-corrected chi connectivity index (χ2v) is 6.51. The Bertz CT molecular complexity index is 956. The molecule has 1 heterocycles. The third-order valence-electron chi connectivity index (χ3n) is 4.47. The summed E-state index contributed by atoms with van der Waals surface area (Å²) < 4.78 is 17.3. The summed E-state index contributed by atoms with van der Waals surface area (Å²) in [6.45, 7) is 2.49. The fraction of sp³-hybridized carbons (Fsp3) is 0.227. The first-order chi connectivity index (χ1) is 13.2. The maximum Gasteiger partial charge on any atom is 0.260 e. The zero-order valence-corrected chi connectivity index (χ0v) is 15.1. The van der Waals surface area contributed by atoms with E-state index in [0.29, 0.717) is 24.7 Å². The summed E-state index contributed by atoms with van der Waals surface area (Å²) in [4.78, 5) is 12.4. The van der Waals surface area contributed by atoms with Gasteiger partial charge < -0.3 is 19.5 Å². The molecule has 0 spiro atoms. The highest BCUT2D eigenvalue weighted by atomic mass is 16.6. The summed E-state index contributed by atoms with van der Waals surface area (Å²) in [7, 11) is 0. The van der Waals surface area contributed by atoms with Gasteiger partial charge in [0, 0.05) is 0 Å². The van der Waals surface area contributed by atoms with Crippen molar-refractivity contribution >= 4 is 16.7 Å². The molecule has 5 heteroatoms. The molecule has 1 amide bonds. The Labute approximate surface area is 157 Å². The summed E-state index contributed by atoms with van der Waals surface area (Å²) in [6, 6.07) is 21.3. The van der Waals surface area contributed by atoms with E-state index in [2.05, 4.69) is 5.32 Å². The molecule has 1 N–H and O–H groups in total. The van der Waals surface area contributed by atoms with Crippen molar-refractivity contribution in [1.29, 1.82) is 0 Å². The van der Waals surface area contributed by atoms with Crippen LogP contribution in [0.25, 0.3) is 10.8 Å². The lowest BCUT2D eigenvalue weighted by Crippen LogP contribution is -2.44. The molecule has 0 saturated carbocycles. The Morgan fingerprint density at radius 2 is 1.81 bits per heavy atom. The average Bonchev–Trinajstić information content (AvgIpc) is 2.71. The van der Waals surface area contributed by atoms with Crippen LogP contribution in [0.2, 0.25) is 0 Å². The largest absolute Gasteiger partial charge is 0.486 e. The SMILES string of the molecule is C[C@H](Oc1ccc2ccccc2c1)C(=O)NC[C@H]1COc2ccccc2O1. The monoisotopic (exact) mass is 363 g/mol. The topological polar surface area (TPSA) is 56.8 Å². The van der Waals surface area contributed by atoms with Gasteiger partial charge in [0.05, 0.1) is 6.54 Å². The molecular formula is C22H21NO4. The molecule has 1 aliphatic rings. The molecule has 3 aromatic rings. The minimum atomic E-state index is -0.608. The number of ether oxygens (including phenoxy) is 3. The third-order valence-corrected chi connectivity index (χ3v) is 4.47. The number of nitrogens with one attached hydrogen (secondary N) is 1. The molecule has 0 aromatic heterocycles. The normalized spacial score (nSPS) is 16.6. The number of carbonyl (C=O) groups excluding carboxylic acids is 1. The third kappa shape index (κ3) is 3.97. The predicted molar refractivity (Wildman–Crippen MR) is 103 cm³/mol. The van der Waals surface area contributed by atoms with Crippen LogP contribution in [0.15, 0.2) is 66.7 Å². The van der Waals surface area contributed by atoms with E-state index in [1.807, 2.05) is 66.7 Å². The van der Waals surface area contributed by atoms with Crippen molar-refractivity contribution in [2.45, 2.75) is 19.1 Å². The second-order valence-electron chi connectivity index (χ2n) is 6.51. The molecule has 0 fully saturated rings. The molecule has 27 heavy (non-hydrogen) atoms. The summed E-state index contributed by atoms with van der Waals surface area (Å²) in [5.41, 5.74) is 0. The van der Waals surface area contributed by atoms with Crippen LogP contribution in [0.5, 0.6) is 17.2 Å². The van der Waals surface area contributed by atoms with Crippen molar-refractivity contribution in [3.05, 3.63) is 66.7 Å². The molecule has 0 saturated heterocycles. The number of fused-ring (bicyclic) bond motifs is 2. The highest BCUT2D eigenvalue weighted by Gasteiger charge is 2.22. The Kier molecular flexibility index (Phi) is 4.83. The average molecular weight is 363 g/mol. The van der Waals surface area contributed by atoms with Gasteiger partial charge in [0.2, 0.25) is 0 Å². The summed E-state index contributed by atoms with van der Waals surface area (Å²) in [5.74, 6) is 1.91. The Morgan fingerprint density at radius 3 is 2.67 bits per heavy atom. The number of para-hydroxylation sites is 2. The van der Waals surface area contributed by atoms with Gasteiger partial charge in [-0.25, -0.2) is 0 Å². The van der Waals surface area contributed by atoms with E-state index in [4.69, 9.17) is 14.2 Å². The number of carbonyl (C=O) groups is 1. The minimum Gasteiger partial charge on any atom is -0.486 e. The molecular weight excluding hydrogens is 342 g/mol. The van der Waals surface area contributed by atoms with Crippen molar-refractivity contribution in [3.8, 4) is 17.2 Å². The molecule has 2 atom stereocenters. The van der Waals surface area contributed by atoms with Gasteiger partial charge in [-0.1, -0.05) is 42.5 Å². The lowest BCUT2D eigenvalue weighted by Gasteiger charge is -2.27. The second kappa shape index (κ2) is 7.58. The first-order valence-corrected chi connectivity index (χ1v) is 9.01. The first kappa shape index (κ1) is 17.2. The van der Waals surface area contributed by atoms with Gasteiger partial charge in [-0.05, 0) is 42.0 Å². The van der Waals surface area contributed by atoms with Gasteiger partial charge in [-0.15, -0.1) is 0 Å². The van der Waals surface area contributed by atoms with Crippen LogP contribution >= 0.6 is 0 Å². The smallest absolute Gasteiger partial charge is 0.260 e. The van der Waals surface area contributed by atoms with Crippen molar-refractivity contribution in [2.24, 2.45) is 0 Å². The van der Waals surface area contributed by atoms with Crippen molar-refractivity contribution in [1.82, 2.24) is 5.32 Å². The Morgan fingerprint density at radius 1 is 1.07 bits per heavy atom. The van der Waals surface area contributed by atoms with Crippen LogP contribution in [0.4, 0.5) is 0 Å². The van der Waals surface area contributed by atoms with Crippen molar-refractivity contribution in [3.63, 3.8) is 0 Å². The van der Waals surface area contributed by atoms with Crippen LogP contribution in [0.3, 0.4) is 0 Å². The zero-order chi connectivity index (χ0) is 18.6. The summed E-state index contributed by atoms with van der Waals surface area (Å²) in [6.07, 6.45) is -0.834. The van der Waals surface area contributed by atoms with E-state index < -0.39 is 6.10 Å². The van der Waals surface area contributed by atoms with E-state index in [-0.39, 0.29) is 12.0 Å². The highest BCUT2D eigenvalue weighted by molar-refractivity contribution is 5.84. The molecule has 3 aromatic carbocycles. The molecule has 0 aliphatic carbocycles. The Balaban J connectivity index is 1.31. The first-order valence-electron chi connectivity index (χ1n) is 9.01. The molecule has 0 unspecified atom stereocenters. The van der Waals surface area contributed by atoms with E-state index in [1.54, 1.807) is 6.92 Å². The summed E-state index contributed by atoms with van der Waals surface area (Å²) in [5, 5.41) is 5.09. The maximum absolute atomic E-state index is 12.4. The highest BCUT2D eigenvalue weighted by Crippen LogP contribution is 2.30. The van der Waals surface area contributed by atoms with E-state index in [9.17, 15) is 4.79 Å². The van der Waals surface area contributed by atoms with Crippen LogP contribution in [-0.4, -0.2) is 31.3 Å². The van der Waals surface area contributed by atoms with Gasteiger partial charge in [0.1, 0.15) is 18.5 Å². The maximum atomic E-state index is 12.4. The van der Waals surface area contributed by atoms with Gasteiger partial charge in [0.15, 0.2) is 17.6 Å². The summed E-state index contributed by atoms with van der Waals surface area (Å²) >= 11 is 0. The van der Waals surface area contributed by atoms with Crippen molar-refractivity contribution in [2.75, 3.05) is 13.2 Å². The van der Waals surface area contributed by atoms with Crippen molar-refractivity contribution < 1.29 is 19.0 Å². The van der Waals surface area contributed by atoms with Crippen LogP contribution in [-0.2, 0) is 4.79 Å². The Hall–Kier alpha value is -3.21. The van der Waals surface area contributed by atoms with E-state index in [1.165, 1.54) is 0 Å². The quantitative estimate of drug-likeness (QED) is 0.753. The van der Waals surface area contributed by atoms with Gasteiger partial charge in [-0.2, -0.15) is 0 Å². The van der Waals surface area contributed by atoms with Gasteiger partial charge >= 0.3 is 0 Å². The molecule has 0 radical (unpaired) electrons. The van der Waals surface area contributed by atoms with Crippen LogP contribution in [0.1, 0.15) is 6.92 Å². The number of amides is 1. The lowest BCUT2D eigenvalue weighted by molar-refractivity contribution is -0.127. The standard InChI is InChI=1S/C22H21NO4/c1-15(26-18-11-10-16-6-2-3-7-17(16)12-18)22(24)23-13-19-14-25-20-8-4-5-9-21(20)27-19/h2-12,15,19H,13-14H2,1H3,(H,23,24)/t15-,19-/m0/s1. The van der Waals surface area contributed by atoms with E-state index in [0.717, 1.165) is 16.5 Å². The molecule has 1 aliphatic heterocycles. The fourth-order valence-corrected chi connectivity index (χ4v) is 3.02.